The van der Waals surface area contributed by atoms with Gasteiger partial charge < -0.3 is 18.9 Å². The lowest BCUT2D eigenvalue weighted by atomic mass is 10.1. The lowest BCUT2D eigenvalue weighted by Gasteiger charge is -2.29. The van der Waals surface area contributed by atoms with Crippen LogP contribution in [-0.4, -0.2) is 61.1 Å². The second-order valence-corrected chi connectivity index (χ2v) is 5.44. The van der Waals surface area contributed by atoms with Crippen LogP contribution in [-0.2, 0) is 28.5 Å². The number of carbonyl (C=O) groups excluding carboxylic acids is 2. The van der Waals surface area contributed by atoms with E-state index in [4.69, 9.17) is 18.9 Å². The van der Waals surface area contributed by atoms with Gasteiger partial charge in [-0.1, -0.05) is 0 Å². The van der Waals surface area contributed by atoms with Crippen LogP contribution >= 0.6 is 11.8 Å². The fraction of sp³-hybridized carbons (Fsp3) is 0.833. The van der Waals surface area contributed by atoms with Crippen LogP contribution in [0.25, 0.3) is 0 Å². The molecule has 7 heteroatoms. The number of hydrogen-bond acceptors (Lipinski definition) is 7. The zero-order valence-electron chi connectivity index (χ0n) is 11.0. The van der Waals surface area contributed by atoms with Crippen LogP contribution < -0.4 is 0 Å². The molecule has 2 aliphatic heterocycles. The molecule has 0 aliphatic carbocycles. The van der Waals surface area contributed by atoms with Gasteiger partial charge in [0.05, 0.1) is 26.4 Å². The standard InChI is InChI=1S/C12H18O6S/c1-3-15-11(13)9-7-8(18-6-5-17-7)10(19-9)12(14)16-4-2/h7-10H,3-6H2,1-2H3. The Balaban J connectivity index is 2.10. The van der Waals surface area contributed by atoms with Crippen molar-refractivity contribution in [3.8, 4) is 0 Å². The number of hydrogen-bond donors (Lipinski definition) is 0. The van der Waals surface area contributed by atoms with Crippen LogP contribution in [0.5, 0.6) is 0 Å². The zero-order chi connectivity index (χ0) is 13.8. The van der Waals surface area contributed by atoms with E-state index < -0.39 is 22.7 Å². The molecule has 0 aromatic carbocycles. The van der Waals surface area contributed by atoms with Gasteiger partial charge in [0, 0.05) is 0 Å². The summed E-state index contributed by atoms with van der Waals surface area (Å²) in [6.45, 7) is 4.95. The maximum atomic E-state index is 11.9. The van der Waals surface area contributed by atoms with E-state index in [1.165, 1.54) is 11.8 Å². The Morgan fingerprint density at radius 2 is 1.42 bits per heavy atom. The van der Waals surface area contributed by atoms with Crippen molar-refractivity contribution < 1.29 is 28.5 Å². The topological polar surface area (TPSA) is 71.1 Å². The van der Waals surface area contributed by atoms with Crippen molar-refractivity contribution in [1.82, 2.24) is 0 Å². The molecule has 2 heterocycles. The first kappa shape index (κ1) is 14.6. The fourth-order valence-electron chi connectivity index (χ4n) is 2.22. The first-order valence-electron chi connectivity index (χ1n) is 6.41. The second-order valence-electron chi connectivity index (χ2n) is 4.15. The largest absolute Gasteiger partial charge is 0.465 e. The van der Waals surface area contributed by atoms with Gasteiger partial charge in [0.15, 0.2) is 0 Å². The highest BCUT2D eigenvalue weighted by Crippen LogP contribution is 2.40. The van der Waals surface area contributed by atoms with Gasteiger partial charge in [-0.2, -0.15) is 0 Å². The fourth-order valence-corrected chi connectivity index (χ4v) is 3.67. The molecule has 2 fully saturated rings. The van der Waals surface area contributed by atoms with Crippen LogP contribution in [0.4, 0.5) is 0 Å². The van der Waals surface area contributed by atoms with E-state index in [0.29, 0.717) is 26.4 Å². The van der Waals surface area contributed by atoms with E-state index in [-0.39, 0.29) is 11.9 Å². The number of esters is 2. The highest BCUT2D eigenvalue weighted by atomic mass is 32.2. The van der Waals surface area contributed by atoms with Crippen LogP contribution in [0.3, 0.4) is 0 Å². The Kier molecular flexibility index (Phi) is 5.06. The normalized spacial score (nSPS) is 33.6. The van der Waals surface area contributed by atoms with Crippen molar-refractivity contribution in [2.24, 2.45) is 0 Å². The minimum Gasteiger partial charge on any atom is -0.465 e. The van der Waals surface area contributed by atoms with Crippen molar-refractivity contribution >= 4 is 23.7 Å². The monoisotopic (exact) mass is 290 g/mol. The Hall–Kier alpha value is -0.790. The van der Waals surface area contributed by atoms with E-state index in [9.17, 15) is 9.59 Å². The van der Waals surface area contributed by atoms with Gasteiger partial charge in [-0.05, 0) is 13.8 Å². The third kappa shape index (κ3) is 3.04. The molecule has 108 valence electrons. The lowest BCUT2D eigenvalue weighted by Crippen LogP contribution is -2.47. The first-order valence-corrected chi connectivity index (χ1v) is 7.35. The van der Waals surface area contributed by atoms with Crippen molar-refractivity contribution in [3.63, 3.8) is 0 Å². The second kappa shape index (κ2) is 6.58. The maximum absolute atomic E-state index is 11.9. The number of thioether (sulfide) groups is 1. The SMILES string of the molecule is CCOC(=O)C1SC(C(=O)OCC)C2OCCOC12. The molecule has 0 aromatic rings. The minimum atomic E-state index is -0.528. The van der Waals surface area contributed by atoms with E-state index in [0.717, 1.165) is 0 Å². The summed E-state index contributed by atoms with van der Waals surface area (Å²) in [5.74, 6) is -0.723. The highest BCUT2D eigenvalue weighted by Gasteiger charge is 2.54. The molecule has 2 rings (SSSR count). The molecular weight excluding hydrogens is 272 g/mol. The van der Waals surface area contributed by atoms with Crippen molar-refractivity contribution in [3.05, 3.63) is 0 Å². The number of fused-ring (bicyclic) bond motifs is 1. The summed E-state index contributed by atoms with van der Waals surface area (Å²) >= 11 is 1.21. The molecule has 2 saturated heterocycles. The third-order valence-electron chi connectivity index (χ3n) is 2.96. The van der Waals surface area contributed by atoms with Crippen LogP contribution in [0.2, 0.25) is 0 Å². The molecule has 0 aromatic heterocycles. The zero-order valence-corrected chi connectivity index (χ0v) is 11.8. The van der Waals surface area contributed by atoms with E-state index in [1.54, 1.807) is 13.8 Å². The predicted octanol–water partition coefficient (Wildman–Crippen LogP) is 0.381. The van der Waals surface area contributed by atoms with Gasteiger partial charge in [-0.25, -0.2) is 0 Å². The van der Waals surface area contributed by atoms with Crippen LogP contribution in [0.15, 0.2) is 0 Å². The molecule has 0 amide bonds. The van der Waals surface area contributed by atoms with E-state index in [1.807, 2.05) is 0 Å². The molecule has 0 saturated carbocycles. The summed E-state index contributed by atoms with van der Waals surface area (Å²) in [7, 11) is 0. The van der Waals surface area contributed by atoms with Crippen molar-refractivity contribution in [1.29, 1.82) is 0 Å². The Bertz CT molecular complexity index is 315. The lowest BCUT2D eigenvalue weighted by molar-refractivity contribution is -0.166. The Labute approximate surface area is 116 Å². The van der Waals surface area contributed by atoms with Gasteiger partial charge in [0.25, 0.3) is 0 Å². The maximum Gasteiger partial charge on any atom is 0.321 e. The molecule has 4 atom stereocenters. The van der Waals surface area contributed by atoms with Crippen molar-refractivity contribution in [2.45, 2.75) is 36.6 Å². The average Bonchev–Trinajstić information content (AvgIpc) is 2.79. The smallest absolute Gasteiger partial charge is 0.321 e. The molecule has 0 spiro atoms. The highest BCUT2D eigenvalue weighted by molar-refractivity contribution is 8.02. The Morgan fingerprint density at radius 1 is 1.00 bits per heavy atom. The van der Waals surface area contributed by atoms with Gasteiger partial charge in [0.1, 0.15) is 22.7 Å². The molecule has 2 aliphatic rings. The number of ether oxygens (including phenoxy) is 4. The number of carbonyl (C=O) groups is 2. The molecule has 0 bridgehead atoms. The summed E-state index contributed by atoms with van der Waals surface area (Å²) in [4.78, 5) is 23.8. The van der Waals surface area contributed by atoms with E-state index >= 15 is 0 Å². The van der Waals surface area contributed by atoms with Gasteiger partial charge in [-0.3, -0.25) is 9.59 Å². The van der Waals surface area contributed by atoms with Gasteiger partial charge in [-0.15, -0.1) is 11.8 Å². The molecule has 6 nitrogen and oxygen atoms in total. The molecule has 0 radical (unpaired) electrons. The summed E-state index contributed by atoms with van der Waals surface area (Å²) in [6.07, 6.45) is -0.876. The number of rotatable bonds is 4. The predicted molar refractivity (Wildman–Crippen MR) is 67.9 cm³/mol. The van der Waals surface area contributed by atoms with E-state index in [2.05, 4.69) is 0 Å². The first-order chi connectivity index (χ1) is 9.19. The molecule has 0 N–H and O–H groups in total. The van der Waals surface area contributed by atoms with Crippen LogP contribution in [0, 0.1) is 0 Å². The summed E-state index contributed by atoms with van der Waals surface area (Å²) in [5.41, 5.74) is 0. The minimum absolute atomic E-state index is 0.304. The van der Waals surface area contributed by atoms with Crippen molar-refractivity contribution in [2.75, 3.05) is 26.4 Å². The summed E-state index contributed by atoms with van der Waals surface area (Å²) in [5, 5.41) is -1.06. The van der Waals surface area contributed by atoms with Gasteiger partial charge in [0.2, 0.25) is 0 Å². The Morgan fingerprint density at radius 3 is 1.79 bits per heavy atom. The molecule has 4 unspecified atom stereocenters. The molecular formula is C12H18O6S. The summed E-state index contributed by atoms with van der Waals surface area (Å²) < 4.78 is 21.2. The molecule has 19 heavy (non-hydrogen) atoms. The van der Waals surface area contributed by atoms with Crippen LogP contribution in [0.1, 0.15) is 13.8 Å². The third-order valence-corrected chi connectivity index (χ3v) is 4.46. The summed E-state index contributed by atoms with van der Waals surface area (Å²) in [6, 6.07) is 0. The quantitative estimate of drug-likeness (QED) is 0.693. The van der Waals surface area contributed by atoms with Gasteiger partial charge >= 0.3 is 11.9 Å². The average molecular weight is 290 g/mol.